The molecule has 2 fully saturated rings. The van der Waals surface area contributed by atoms with Crippen LogP contribution in [0.25, 0.3) is 0 Å². The van der Waals surface area contributed by atoms with E-state index in [1.807, 2.05) is 25.1 Å². The van der Waals surface area contributed by atoms with Gasteiger partial charge in [0.25, 0.3) is 0 Å². The van der Waals surface area contributed by atoms with Crippen molar-refractivity contribution in [1.82, 2.24) is 0 Å². The maximum Gasteiger partial charge on any atom is 0.241 e. The van der Waals surface area contributed by atoms with Gasteiger partial charge in [-0.25, -0.2) is 4.90 Å². The molecule has 0 aromatic heterocycles. The van der Waals surface area contributed by atoms with E-state index in [9.17, 15) is 14.7 Å². The van der Waals surface area contributed by atoms with Crippen LogP contribution in [-0.2, 0) is 14.3 Å². The van der Waals surface area contributed by atoms with E-state index < -0.39 is 23.5 Å². The van der Waals surface area contributed by atoms with Crippen molar-refractivity contribution in [3.8, 4) is 0 Å². The zero-order chi connectivity index (χ0) is 14.8. The van der Waals surface area contributed by atoms with Crippen LogP contribution in [0.1, 0.15) is 5.56 Å². The van der Waals surface area contributed by atoms with Crippen LogP contribution >= 0.6 is 0 Å². The largest absolute Gasteiger partial charge is 0.393 e. The molecule has 2 amide bonds. The van der Waals surface area contributed by atoms with Crippen LogP contribution in [0.2, 0.25) is 0 Å². The lowest BCUT2D eigenvalue weighted by Crippen LogP contribution is -2.43. The number of carbonyl (C=O) groups excluding carboxylic acids is 2. The summed E-state index contributed by atoms with van der Waals surface area (Å²) in [6.45, 7) is 1.63. The Bertz CT molecular complexity index is 683. The average molecular weight is 285 g/mol. The Morgan fingerprint density at radius 1 is 1.33 bits per heavy atom. The van der Waals surface area contributed by atoms with E-state index in [1.165, 1.54) is 4.90 Å². The number of hydrogen-bond acceptors (Lipinski definition) is 4. The standard InChI is InChI=1S/C16H15NO4/c1-9-3-2-4-10(7-9)17-14(19)12-11-5-6-16(8-18,21-11)13(12)15(17)20/h2-7,11-13,18H,8H2,1H3. The van der Waals surface area contributed by atoms with Crippen molar-refractivity contribution < 1.29 is 19.4 Å². The molecule has 5 heteroatoms. The Morgan fingerprint density at radius 3 is 2.86 bits per heavy atom. The van der Waals surface area contributed by atoms with E-state index in [0.717, 1.165) is 5.56 Å². The molecule has 4 unspecified atom stereocenters. The number of aliphatic hydroxyl groups is 1. The third kappa shape index (κ3) is 1.47. The molecular formula is C16H15NO4. The highest BCUT2D eigenvalue weighted by atomic mass is 16.5. The van der Waals surface area contributed by atoms with Gasteiger partial charge in [-0.3, -0.25) is 9.59 Å². The van der Waals surface area contributed by atoms with Gasteiger partial charge < -0.3 is 9.84 Å². The summed E-state index contributed by atoms with van der Waals surface area (Å²) in [6, 6.07) is 7.31. The molecule has 1 aromatic rings. The maximum absolute atomic E-state index is 12.7. The van der Waals surface area contributed by atoms with E-state index in [2.05, 4.69) is 0 Å². The van der Waals surface area contributed by atoms with Crippen molar-refractivity contribution >= 4 is 17.5 Å². The third-order valence-corrected chi connectivity index (χ3v) is 4.66. The van der Waals surface area contributed by atoms with Gasteiger partial charge in [-0.15, -0.1) is 0 Å². The molecule has 1 N–H and O–H groups in total. The predicted octanol–water partition coefficient (Wildman–Crippen LogP) is 0.800. The molecule has 4 atom stereocenters. The Hall–Kier alpha value is -1.98. The number of aliphatic hydroxyl groups excluding tert-OH is 1. The molecule has 108 valence electrons. The Balaban J connectivity index is 1.79. The highest BCUT2D eigenvalue weighted by Crippen LogP contribution is 2.52. The lowest BCUT2D eigenvalue weighted by molar-refractivity contribution is -0.128. The Kier molecular flexibility index (Phi) is 2.44. The molecule has 3 aliphatic rings. The first-order valence-electron chi connectivity index (χ1n) is 7.00. The van der Waals surface area contributed by atoms with Gasteiger partial charge in [0.15, 0.2) is 0 Å². The summed E-state index contributed by atoms with van der Waals surface area (Å²) in [4.78, 5) is 26.7. The lowest BCUT2D eigenvalue weighted by atomic mass is 9.77. The van der Waals surface area contributed by atoms with Crippen molar-refractivity contribution in [2.45, 2.75) is 18.6 Å². The number of hydrogen-bond donors (Lipinski definition) is 1. The monoisotopic (exact) mass is 285 g/mol. The van der Waals surface area contributed by atoms with Gasteiger partial charge in [-0.1, -0.05) is 24.3 Å². The summed E-state index contributed by atoms with van der Waals surface area (Å²) in [6.07, 6.45) is 3.10. The fraction of sp³-hybridized carbons (Fsp3) is 0.375. The zero-order valence-corrected chi connectivity index (χ0v) is 11.5. The fourth-order valence-electron chi connectivity index (χ4n) is 3.71. The first-order valence-corrected chi connectivity index (χ1v) is 7.00. The molecule has 5 nitrogen and oxygen atoms in total. The topological polar surface area (TPSA) is 66.8 Å². The molecule has 0 saturated carbocycles. The molecule has 0 radical (unpaired) electrons. The van der Waals surface area contributed by atoms with Crippen LogP contribution in [0.5, 0.6) is 0 Å². The minimum absolute atomic E-state index is 0.236. The van der Waals surface area contributed by atoms with Crippen LogP contribution in [-0.4, -0.2) is 35.2 Å². The number of carbonyl (C=O) groups is 2. The number of amides is 2. The van der Waals surface area contributed by atoms with Crippen molar-refractivity contribution in [2.75, 3.05) is 11.5 Å². The Labute approximate surface area is 121 Å². The normalized spacial score (nSPS) is 36.7. The average Bonchev–Trinajstić information content (AvgIpc) is 3.10. The number of fused-ring (bicyclic) bond motifs is 5. The fourth-order valence-corrected chi connectivity index (χ4v) is 3.71. The number of aryl methyl sites for hydroxylation is 1. The first kappa shape index (κ1) is 12.7. The molecule has 2 saturated heterocycles. The number of nitrogens with zero attached hydrogens (tertiary/aromatic N) is 1. The summed E-state index contributed by atoms with van der Waals surface area (Å²) < 4.78 is 5.70. The minimum Gasteiger partial charge on any atom is -0.393 e. The van der Waals surface area contributed by atoms with Crippen LogP contribution < -0.4 is 4.90 Å². The smallest absolute Gasteiger partial charge is 0.241 e. The molecule has 21 heavy (non-hydrogen) atoms. The summed E-state index contributed by atoms with van der Waals surface area (Å²) in [5.74, 6) is -1.66. The Morgan fingerprint density at radius 2 is 2.14 bits per heavy atom. The van der Waals surface area contributed by atoms with Crippen molar-refractivity contribution in [1.29, 1.82) is 0 Å². The number of rotatable bonds is 2. The van der Waals surface area contributed by atoms with E-state index in [0.29, 0.717) is 5.69 Å². The van der Waals surface area contributed by atoms with Crippen molar-refractivity contribution in [2.24, 2.45) is 11.8 Å². The van der Waals surface area contributed by atoms with E-state index in [-0.39, 0.29) is 18.4 Å². The van der Waals surface area contributed by atoms with E-state index >= 15 is 0 Å². The van der Waals surface area contributed by atoms with Crippen molar-refractivity contribution in [3.63, 3.8) is 0 Å². The molecule has 4 rings (SSSR count). The highest BCUT2D eigenvalue weighted by Gasteiger charge is 2.67. The minimum atomic E-state index is -1.03. The lowest BCUT2D eigenvalue weighted by Gasteiger charge is -2.26. The molecule has 0 spiro atoms. The second-order valence-electron chi connectivity index (χ2n) is 5.91. The van der Waals surface area contributed by atoms with Crippen LogP contribution in [0, 0.1) is 18.8 Å². The highest BCUT2D eigenvalue weighted by molar-refractivity contribution is 6.23. The molecule has 3 aliphatic heterocycles. The van der Waals surface area contributed by atoms with Crippen LogP contribution in [0.4, 0.5) is 5.69 Å². The number of imide groups is 1. The predicted molar refractivity (Wildman–Crippen MR) is 74.5 cm³/mol. The maximum atomic E-state index is 12.7. The van der Waals surface area contributed by atoms with Gasteiger partial charge in [-0.2, -0.15) is 0 Å². The van der Waals surface area contributed by atoms with Gasteiger partial charge in [0.05, 0.1) is 30.2 Å². The number of benzene rings is 1. The van der Waals surface area contributed by atoms with Crippen molar-refractivity contribution in [3.05, 3.63) is 42.0 Å². The summed E-state index contributed by atoms with van der Waals surface area (Å²) in [5.41, 5.74) is 0.548. The second kappa shape index (κ2) is 4.02. The number of anilines is 1. The summed E-state index contributed by atoms with van der Waals surface area (Å²) in [5, 5.41) is 9.64. The third-order valence-electron chi connectivity index (χ3n) is 4.66. The molecular weight excluding hydrogens is 270 g/mol. The molecule has 2 bridgehead atoms. The van der Waals surface area contributed by atoms with E-state index in [4.69, 9.17) is 4.74 Å². The molecule has 1 aromatic carbocycles. The first-order chi connectivity index (χ1) is 10.1. The van der Waals surface area contributed by atoms with Gasteiger partial charge >= 0.3 is 0 Å². The second-order valence-corrected chi connectivity index (χ2v) is 5.91. The van der Waals surface area contributed by atoms with Gasteiger partial charge in [0.2, 0.25) is 11.8 Å². The summed E-state index contributed by atoms with van der Waals surface area (Å²) in [7, 11) is 0. The SMILES string of the molecule is Cc1cccc(N2C(=O)C3C4C=CC(CO)(O4)C3C2=O)c1. The number of ether oxygens (including phenoxy) is 1. The van der Waals surface area contributed by atoms with Gasteiger partial charge in [0.1, 0.15) is 5.60 Å². The van der Waals surface area contributed by atoms with Gasteiger partial charge in [0, 0.05) is 0 Å². The zero-order valence-electron chi connectivity index (χ0n) is 11.5. The van der Waals surface area contributed by atoms with Gasteiger partial charge in [-0.05, 0) is 24.6 Å². The molecule has 0 aliphatic carbocycles. The van der Waals surface area contributed by atoms with Crippen LogP contribution in [0.3, 0.4) is 0 Å². The molecule has 3 heterocycles. The van der Waals surface area contributed by atoms with E-state index in [1.54, 1.807) is 18.2 Å². The quantitative estimate of drug-likeness (QED) is 0.645. The van der Waals surface area contributed by atoms with Crippen LogP contribution in [0.15, 0.2) is 36.4 Å². The summed E-state index contributed by atoms with van der Waals surface area (Å²) >= 11 is 0.